The highest BCUT2D eigenvalue weighted by molar-refractivity contribution is 5.65. The normalized spacial score (nSPS) is 20.4. The van der Waals surface area contributed by atoms with E-state index in [2.05, 4.69) is 10.6 Å². The molecule has 0 spiro atoms. The summed E-state index contributed by atoms with van der Waals surface area (Å²) in [6.07, 6.45) is 1.46. The monoisotopic (exact) mass is 230 g/mol. The van der Waals surface area contributed by atoms with Gasteiger partial charge in [-0.25, -0.2) is 4.79 Å². The number of carboxylic acid groups (broad SMARTS) is 1. The number of hydrogen-bond acceptors (Lipinski definition) is 3. The van der Waals surface area contributed by atoms with Crippen molar-refractivity contribution in [2.75, 3.05) is 19.7 Å². The van der Waals surface area contributed by atoms with Crippen LogP contribution in [0.1, 0.15) is 33.1 Å². The number of rotatable bonds is 4. The molecule has 0 aromatic rings. The molecule has 1 amide bonds. The fourth-order valence-corrected chi connectivity index (χ4v) is 2.62. The first-order valence-electron chi connectivity index (χ1n) is 5.72. The minimum atomic E-state index is -1.01. The van der Waals surface area contributed by atoms with Crippen LogP contribution in [0.3, 0.4) is 0 Å². The lowest BCUT2D eigenvalue weighted by atomic mass is 9.71. The van der Waals surface area contributed by atoms with Crippen molar-refractivity contribution < 1.29 is 15.0 Å². The predicted molar refractivity (Wildman–Crippen MR) is 61.5 cm³/mol. The molecule has 1 heterocycles. The van der Waals surface area contributed by atoms with Crippen molar-refractivity contribution in [1.29, 1.82) is 0 Å². The van der Waals surface area contributed by atoms with Gasteiger partial charge in [0.25, 0.3) is 0 Å². The molecule has 1 rings (SSSR count). The second kappa shape index (κ2) is 5.01. The zero-order valence-electron chi connectivity index (χ0n) is 10.0. The molecule has 5 heteroatoms. The van der Waals surface area contributed by atoms with Crippen molar-refractivity contribution >= 4 is 6.09 Å². The van der Waals surface area contributed by atoms with Crippen LogP contribution in [0.4, 0.5) is 4.79 Å². The summed E-state index contributed by atoms with van der Waals surface area (Å²) in [6, 6.07) is 0. The average Bonchev–Trinajstić information content (AvgIpc) is 2.16. The summed E-state index contributed by atoms with van der Waals surface area (Å²) < 4.78 is 0. The van der Waals surface area contributed by atoms with Gasteiger partial charge in [-0.05, 0) is 51.6 Å². The lowest BCUT2D eigenvalue weighted by molar-refractivity contribution is 0.0541. The van der Waals surface area contributed by atoms with E-state index in [1.165, 1.54) is 0 Å². The fourth-order valence-electron chi connectivity index (χ4n) is 2.62. The van der Waals surface area contributed by atoms with Crippen molar-refractivity contribution in [3.05, 3.63) is 0 Å². The third kappa shape index (κ3) is 3.64. The van der Waals surface area contributed by atoms with E-state index < -0.39 is 11.6 Å². The van der Waals surface area contributed by atoms with Gasteiger partial charge in [0.15, 0.2) is 0 Å². The number of carbonyl (C=O) groups is 1. The largest absolute Gasteiger partial charge is 0.465 e. The summed E-state index contributed by atoms with van der Waals surface area (Å²) in [5, 5.41) is 24.0. The Morgan fingerprint density at radius 1 is 1.44 bits per heavy atom. The number of aliphatic hydroxyl groups is 1. The van der Waals surface area contributed by atoms with Crippen LogP contribution in [0, 0.1) is 5.41 Å². The molecule has 0 bridgehead atoms. The van der Waals surface area contributed by atoms with Crippen LogP contribution in [-0.4, -0.2) is 41.5 Å². The summed E-state index contributed by atoms with van der Waals surface area (Å²) in [4.78, 5) is 10.7. The molecular formula is C11H22N2O3. The van der Waals surface area contributed by atoms with Crippen molar-refractivity contribution in [2.24, 2.45) is 5.41 Å². The number of nitrogens with one attached hydrogen (secondary N) is 2. The third-order valence-electron chi connectivity index (χ3n) is 3.26. The lowest BCUT2D eigenvalue weighted by Crippen LogP contribution is -2.50. The minimum absolute atomic E-state index is 0.124. The molecule has 1 aliphatic rings. The maximum atomic E-state index is 10.7. The van der Waals surface area contributed by atoms with E-state index in [1.807, 2.05) is 13.8 Å². The summed E-state index contributed by atoms with van der Waals surface area (Å²) in [6.45, 7) is 5.63. The molecule has 0 aliphatic carbocycles. The Morgan fingerprint density at radius 2 is 2.00 bits per heavy atom. The summed E-state index contributed by atoms with van der Waals surface area (Å²) in [5.74, 6) is 0. The first-order valence-corrected chi connectivity index (χ1v) is 5.72. The molecule has 94 valence electrons. The van der Waals surface area contributed by atoms with Crippen LogP contribution < -0.4 is 10.6 Å². The Morgan fingerprint density at radius 3 is 2.44 bits per heavy atom. The van der Waals surface area contributed by atoms with Gasteiger partial charge in [0.2, 0.25) is 0 Å². The maximum Gasteiger partial charge on any atom is 0.405 e. The highest BCUT2D eigenvalue weighted by Gasteiger charge is 2.37. The van der Waals surface area contributed by atoms with E-state index in [1.54, 1.807) is 0 Å². The van der Waals surface area contributed by atoms with Gasteiger partial charge in [-0.2, -0.15) is 0 Å². The molecule has 0 radical (unpaired) electrons. The molecular weight excluding hydrogens is 208 g/mol. The molecule has 5 nitrogen and oxygen atoms in total. The fraction of sp³-hybridized carbons (Fsp3) is 0.909. The van der Waals surface area contributed by atoms with Crippen LogP contribution in [0.2, 0.25) is 0 Å². The quantitative estimate of drug-likeness (QED) is 0.575. The van der Waals surface area contributed by atoms with E-state index in [9.17, 15) is 9.90 Å². The van der Waals surface area contributed by atoms with Crippen molar-refractivity contribution in [1.82, 2.24) is 10.6 Å². The van der Waals surface area contributed by atoms with Gasteiger partial charge in [-0.3, -0.25) is 0 Å². The Hall–Kier alpha value is -0.810. The van der Waals surface area contributed by atoms with E-state index in [0.29, 0.717) is 6.42 Å². The number of amides is 1. The minimum Gasteiger partial charge on any atom is -0.465 e. The van der Waals surface area contributed by atoms with Crippen LogP contribution in [0.5, 0.6) is 0 Å². The van der Waals surface area contributed by atoms with Crippen molar-refractivity contribution in [3.8, 4) is 0 Å². The number of hydrogen-bond donors (Lipinski definition) is 4. The molecule has 1 fully saturated rings. The highest BCUT2D eigenvalue weighted by atomic mass is 16.4. The molecule has 0 aromatic carbocycles. The van der Waals surface area contributed by atoms with Crippen molar-refractivity contribution in [3.63, 3.8) is 0 Å². The Bertz CT molecular complexity index is 248. The van der Waals surface area contributed by atoms with Gasteiger partial charge >= 0.3 is 6.09 Å². The Kier molecular flexibility index (Phi) is 4.15. The van der Waals surface area contributed by atoms with Gasteiger partial charge in [-0.1, -0.05) is 0 Å². The highest BCUT2D eigenvalue weighted by Crippen LogP contribution is 2.36. The lowest BCUT2D eigenvalue weighted by Gasteiger charge is -2.41. The van der Waals surface area contributed by atoms with E-state index in [-0.39, 0.29) is 12.0 Å². The van der Waals surface area contributed by atoms with Gasteiger partial charge in [0.1, 0.15) is 0 Å². The first-order chi connectivity index (χ1) is 7.39. The zero-order valence-corrected chi connectivity index (χ0v) is 10.0. The molecule has 0 unspecified atom stereocenters. The van der Waals surface area contributed by atoms with Crippen LogP contribution >= 0.6 is 0 Å². The van der Waals surface area contributed by atoms with E-state index in [4.69, 9.17) is 5.11 Å². The second-order valence-electron chi connectivity index (χ2n) is 5.40. The molecule has 1 aliphatic heterocycles. The third-order valence-corrected chi connectivity index (χ3v) is 3.26. The van der Waals surface area contributed by atoms with E-state index >= 15 is 0 Å². The topological polar surface area (TPSA) is 81.6 Å². The SMILES string of the molecule is CC(C)(CC1(CO)CCNCC1)NC(=O)O. The molecule has 16 heavy (non-hydrogen) atoms. The van der Waals surface area contributed by atoms with Crippen molar-refractivity contribution in [2.45, 2.75) is 38.6 Å². The maximum absolute atomic E-state index is 10.7. The average molecular weight is 230 g/mol. The molecule has 0 saturated carbocycles. The second-order valence-corrected chi connectivity index (χ2v) is 5.40. The van der Waals surface area contributed by atoms with Gasteiger partial charge in [-0.15, -0.1) is 0 Å². The number of aliphatic hydroxyl groups excluding tert-OH is 1. The smallest absolute Gasteiger partial charge is 0.405 e. The molecule has 4 N–H and O–H groups in total. The van der Waals surface area contributed by atoms with Gasteiger partial charge in [0, 0.05) is 12.1 Å². The van der Waals surface area contributed by atoms with Gasteiger partial charge in [0.05, 0.1) is 0 Å². The van der Waals surface area contributed by atoms with Crippen LogP contribution in [0.25, 0.3) is 0 Å². The zero-order chi connectivity index (χ0) is 12.2. The van der Waals surface area contributed by atoms with Gasteiger partial charge < -0.3 is 20.8 Å². The first kappa shape index (κ1) is 13.3. The standard InChI is InChI=1S/C11H22N2O3/c1-10(2,13-9(15)16)7-11(8-14)3-5-12-6-4-11/h12-14H,3-8H2,1-2H3,(H,15,16). The molecule has 0 aromatic heterocycles. The number of piperidine rings is 1. The Balaban J connectivity index is 2.63. The molecule has 0 atom stereocenters. The summed E-state index contributed by atoms with van der Waals surface area (Å²) in [7, 11) is 0. The summed E-state index contributed by atoms with van der Waals surface area (Å²) >= 11 is 0. The van der Waals surface area contributed by atoms with Crippen LogP contribution in [-0.2, 0) is 0 Å². The summed E-state index contributed by atoms with van der Waals surface area (Å²) in [5.41, 5.74) is -0.636. The van der Waals surface area contributed by atoms with E-state index in [0.717, 1.165) is 25.9 Å². The Labute approximate surface area is 96.2 Å². The van der Waals surface area contributed by atoms with Crippen LogP contribution in [0.15, 0.2) is 0 Å². The predicted octanol–water partition coefficient (Wildman–Crippen LogP) is 0.785. The molecule has 1 saturated heterocycles.